The number of hydrogen-bond acceptors (Lipinski definition) is 4. The highest BCUT2D eigenvalue weighted by Crippen LogP contribution is 2.41. The van der Waals surface area contributed by atoms with E-state index in [0.717, 1.165) is 41.4 Å². The summed E-state index contributed by atoms with van der Waals surface area (Å²) >= 11 is 0. The van der Waals surface area contributed by atoms with Gasteiger partial charge in [0.05, 0.1) is 13.3 Å². The maximum absolute atomic E-state index is 12.6. The minimum Gasteiger partial charge on any atom is -0.493 e. The SMILES string of the molecule is CCCCCCCN1CC(c2ccc(OC)c3oc4cnccc4c23)CC1=O. The number of carbonyl (C=O) groups excluding carboxylic acids is 1. The number of amides is 1. The number of methoxy groups -OCH3 is 1. The van der Waals surface area contributed by atoms with Crippen molar-refractivity contribution < 1.29 is 13.9 Å². The van der Waals surface area contributed by atoms with E-state index in [1.807, 2.05) is 17.0 Å². The summed E-state index contributed by atoms with van der Waals surface area (Å²) in [6.07, 6.45) is 10.2. The number of rotatable bonds is 8. The number of furan rings is 1. The van der Waals surface area contributed by atoms with Crippen molar-refractivity contribution in [3.63, 3.8) is 0 Å². The van der Waals surface area contributed by atoms with Crippen LogP contribution >= 0.6 is 0 Å². The average molecular weight is 380 g/mol. The Labute approximate surface area is 165 Å². The Bertz CT molecular complexity index is 979. The van der Waals surface area contributed by atoms with Gasteiger partial charge in [-0.25, -0.2) is 0 Å². The van der Waals surface area contributed by atoms with Gasteiger partial charge >= 0.3 is 0 Å². The number of hydrogen-bond donors (Lipinski definition) is 0. The van der Waals surface area contributed by atoms with Gasteiger partial charge in [-0.1, -0.05) is 38.7 Å². The van der Waals surface area contributed by atoms with Crippen LogP contribution in [-0.4, -0.2) is 36.0 Å². The number of aromatic nitrogens is 1. The van der Waals surface area contributed by atoms with E-state index in [2.05, 4.69) is 18.0 Å². The van der Waals surface area contributed by atoms with Crippen LogP contribution in [0.1, 0.15) is 56.9 Å². The lowest BCUT2D eigenvalue weighted by Gasteiger charge is -2.17. The molecule has 28 heavy (non-hydrogen) atoms. The molecule has 0 spiro atoms. The van der Waals surface area contributed by atoms with Crippen molar-refractivity contribution in [3.05, 3.63) is 36.2 Å². The second-order valence-electron chi connectivity index (χ2n) is 7.69. The molecule has 5 heteroatoms. The van der Waals surface area contributed by atoms with Gasteiger partial charge in [0.2, 0.25) is 5.91 Å². The zero-order valence-corrected chi connectivity index (χ0v) is 16.7. The number of pyridine rings is 1. The molecule has 1 unspecified atom stereocenters. The van der Waals surface area contributed by atoms with Crippen LogP contribution in [0.25, 0.3) is 21.9 Å². The van der Waals surface area contributed by atoms with Crippen molar-refractivity contribution in [1.29, 1.82) is 0 Å². The Morgan fingerprint density at radius 3 is 2.89 bits per heavy atom. The van der Waals surface area contributed by atoms with Gasteiger partial charge in [-0.15, -0.1) is 0 Å². The van der Waals surface area contributed by atoms with Crippen LogP contribution < -0.4 is 4.74 Å². The zero-order chi connectivity index (χ0) is 19.5. The Kier molecular flexibility index (Phi) is 5.51. The van der Waals surface area contributed by atoms with E-state index in [4.69, 9.17) is 9.15 Å². The number of likely N-dealkylation sites (tertiary alicyclic amines) is 1. The number of unbranched alkanes of at least 4 members (excludes halogenated alkanes) is 4. The number of ether oxygens (including phenoxy) is 1. The molecule has 1 atom stereocenters. The second-order valence-corrected chi connectivity index (χ2v) is 7.69. The standard InChI is InChI=1S/C23H28N2O3/c1-3-4-5-6-7-12-25-15-16(13-21(25)26)17-8-9-19(27-2)23-22(17)18-10-11-24-14-20(18)28-23/h8-11,14,16H,3-7,12-13,15H2,1-2H3. The second kappa shape index (κ2) is 8.21. The molecule has 2 aromatic heterocycles. The van der Waals surface area contributed by atoms with Gasteiger partial charge < -0.3 is 14.1 Å². The molecular weight excluding hydrogens is 352 g/mol. The molecule has 0 saturated carbocycles. The molecule has 0 bridgehead atoms. The molecule has 0 aliphatic carbocycles. The molecule has 1 aliphatic rings. The molecular formula is C23H28N2O3. The third kappa shape index (κ3) is 3.46. The highest BCUT2D eigenvalue weighted by molar-refractivity contribution is 6.08. The monoisotopic (exact) mass is 380 g/mol. The van der Waals surface area contributed by atoms with Crippen LogP contribution in [0, 0.1) is 0 Å². The van der Waals surface area contributed by atoms with Gasteiger partial charge in [0, 0.05) is 42.4 Å². The third-order valence-electron chi connectivity index (χ3n) is 5.83. The van der Waals surface area contributed by atoms with Gasteiger partial charge in [0.15, 0.2) is 16.9 Å². The first-order valence-corrected chi connectivity index (χ1v) is 10.3. The van der Waals surface area contributed by atoms with E-state index in [0.29, 0.717) is 12.2 Å². The van der Waals surface area contributed by atoms with E-state index in [-0.39, 0.29) is 11.8 Å². The molecule has 0 N–H and O–H groups in total. The van der Waals surface area contributed by atoms with Crippen LogP contribution in [0.5, 0.6) is 5.75 Å². The first kappa shape index (κ1) is 18.8. The lowest BCUT2D eigenvalue weighted by atomic mass is 9.93. The Morgan fingerprint density at radius 2 is 2.07 bits per heavy atom. The molecule has 1 fully saturated rings. The summed E-state index contributed by atoms with van der Waals surface area (Å²) in [7, 11) is 1.65. The summed E-state index contributed by atoms with van der Waals surface area (Å²) in [6.45, 7) is 3.88. The maximum atomic E-state index is 12.6. The van der Waals surface area contributed by atoms with Gasteiger partial charge in [-0.2, -0.15) is 0 Å². The lowest BCUT2D eigenvalue weighted by molar-refractivity contribution is -0.127. The van der Waals surface area contributed by atoms with Crippen molar-refractivity contribution >= 4 is 27.8 Å². The summed E-state index contributed by atoms with van der Waals surface area (Å²) in [6, 6.07) is 6.02. The fourth-order valence-electron chi connectivity index (χ4n) is 4.34. The first-order valence-electron chi connectivity index (χ1n) is 10.3. The van der Waals surface area contributed by atoms with E-state index in [1.165, 1.54) is 31.2 Å². The van der Waals surface area contributed by atoms with E-state index >= 15 is 0 Å². The molecule has 1 aliphatic heterocycles. The number of carbonyl (C=O) groups is 1. The van der Waals surface area contributed by atoms with Crippen molar-refractivity contribution in [3.8, 4) is 5.75 Å². The van der Waals surface area contributed by atoms with Gasteiger partial charge in [-0.3, -0.25) is 9.78 Å². The molecule has 0 radical (unpaired) electrons. The Hall–Kier alpha value is -2.56. The van der Waals surface area contributed by atoms with Gasteiger partial charge in [0.1, 0.15) is 0 Å². The normalized spacial score (nSPS) is 17.1. The average Bonchev–Trinajstić information content (AvgIpc) is 3.28. The first-order chi connectivity index (χ1) is 13.7. The van der Waals surface area contributed by atoms with E-state index in [9.17, 15) is 4.79 Å². The number of benzene rings is 1. The van der Waals surface area contributed by atoms with Crippen LogP contribution in [0.3, 0.4) is 0 Å². The summed E-state index contributed by atoms with van der Waals surface area (Å²) in [5, 5.41) is 2.09. The fourth-order valence-corrected chi connectivity index (χ4v) is 4.34. The molecule has 148 valence electrons. The van der Waals surface area contributed by atoms with Crippen LogP contribution in [-0.2, 0) is 4.79 Å². The number of fused-ring (bicyclic) bond motifs is 3. The molecule has 1 saturated heterocycles. The predicted octanol–water partition coefficient (Wildman–Crippen LogP) is 5.28. The molecule has 3 heterocycles. The van der Waals surface area contributed by atoms with Gasteiger partial charge in [-0.05, 0) is 24.1 Å². The summed E-state index contributed by atoms with van der Waals surface area (Å²) in [5.74, 6) is 1.16. The van der Waals surface area contributed by atoms with Crippen LogP contribution in [0.2, 0.25) is 0 Å². The van der Waals surface area contributed by atoms with E-state index in [1.54, 1.807) is 19.5 Å². The molecule has 4 rings (SSSR count). The van der Waals surface area contributed by atoms with Crippen molar-refractivity contribution in [2.75, 3.05) is 20.2 Å². The maximum Gasteiger partial charge on any atom is 0.223 e. The summed E-state index contributed by atoms with van der Waals surface area (Å²) in [4.78, 5) is 18.8. The van der Waals surface area contributed by atoms with Crippen molar-refractivity contribution in [2.24, 2.45) is 0 Å². The fraction of sp³-hybridized carbons (Fsp3) is 0.478. The van der Waals surface area contributed by atoms with Crippen LogP contribution in [0.15, 0.2) is 35.0 Å². The topological polar surface area (TPSA) is 55.6 Å². The van der Waals surface area contributed by atoms with E-state index < -0.39 is 0 Å². The van der Waals surface area contributed by atoms with Crippen molar-refractivity contribution in [1.82, 2.24) is 9.88 Å². The van der Waals surface area contributed by atoms with Gasteiger partial charge in [0.25, 0.3) is 0 Å². The smallest absolute Gasteiger partial charge is 0.223 e. The zero-order valence-electron chi connectivity index (χ0n) is 16.7. The quantitative estimate of drug-likeness (QED) is 0.499. The predicted molar refractivity (Wildman–Crippen MR) is 111 cm³/mol. The highest BCUT2D eigenvalue weighted by Gasteiger charge is 2.32. The molecule has 3 aromatic rings. The largest absolute Gasteiger partial charge is 0.493 e. The minimum absolute atomic E-state index is 0.186. The minimum atomic E-state index is 0.186. The highest BCUT2D eigenvalue weighted by atomic mass is 16.5. The summed E-state index contributed by atoms with van der Waals surface area (Å²) in [5.41, 5.74) is 2.66. The molecule has 1 aromatic carbocycles. The Morgan fingerprint density at radius 1 is 1.21 bits per heavy atom. The number of nitrogens with zero attached hydrogens (tertiary/aromatic N) is 2. The molecule has 5 nitrogen and oxygen atoms in total. The van der Waals surface area contributed by atoms with Crippen LogP contribution in [0.4, 0.5) is 0 Å². The lowest BCUT2D eigenvalue weighted by Crippen LogP contribution is -2.26. The summed E-state index contributed by atoms with van der Waals surface area (Å²) < 4.78 is 11.6. The van der Waals surface area contributed by atoms with Crippen molar-refractivity contribution in [2.45, 2.75) is 51.4 Å². The third-order valence-corrected chi connectivity index (χ3v) is 5.83. The molecule has 1 amide bonds. The Balaban J connectivity index is 1.60.